The van der Waals surface area contributed by atoms with E-state index in [1.807, 2.05) is 49.6 Å². The van der Waals surface area contributed by atoms with Crippen molar-refractivity contribution in [1.29, 1.82) is 0 Å². The molecule has 0 saturated carbocycles. The average molecular weight is 366 g/mol. The van der Waals surface area contributed by atoms with Gasteiger partial charge < -0.3 is 4.90 Å². The van der Waals surface area contributed by atoms with Gasteiger partial charge in [-0.05, 0) is 56.2 Å². The number of likely N-dealkylation sites (tertiary alicyclic amines) is 1. The molecule has 0 bridgehead atoms. The molecular weight excluding hydrogens is 344 g/mol. The van der Waals surface area contributed by atoms with Crippen molar-refractivity contribution in [3.8, 4) is 0 Å². The summed E-state index contributed by atoms with van der Waals surface area (Å²) < 4.78 is 0. The van der Waals surface area contributed by atoms with Crippen molar-refractivity contribution in [1.82, 2.24) is 4.90 Å². The summed E-state index contributed by atoms with van der Waals surface area (Å²) in [6, 6.07) is 9.71. The van der Waals surface area contributed by atoms with Crippen LogP contribution in [0.2, 0.25) is 0 Å². The number of rotatable bonds is 3. The summed E-state index contributed by atoms with van der Waals surface area (Å²) in [4.78, 5) is 31.1. The van der Waals surface area contributed by atoms with Crippen molar-refractivity contribution in [3.05, 3.63) is 57.4 Å². The van der Waals surface area contributed by atoms with Crippen LogP contribution in [0.1, 0.15) is 35.3 Å². The Kier molecular flexibility index (Phi) is 4.41. The zero-order chi connectivity index (χ0) is 18.3. The molecule has 0 radical (unpaired) electrons. The molecule has 0 atom stereocenters. The number of imide groups is 1. The maximum atomic E-state index is 13.4. The van der Waals surface area contributed by atoms with Gasteiger partial charge in [0.25, 0.3) is 11.8 Å². The van der Waals surface area contributed by atoms with E-state index >= 15 is 0 Å². The van der Waals surface area contributed by atoms with Crippen LogP contribution >= 0.6 is 11.3 Å². The third kappa shape index (κ3) is 2.76. The smallest absolute Gasteiger partial charge is 0.282 e. The molecule has 1 fully saturated rings. The number of carbonyl (C=O) groups excluding carboxylic acids is 2. The summed E-state index contributed by atoms with van der Waals surface area (Å²) in [5, 5.41) is 1.95. The Morgan fingerprint density at radius 1 is 0.962 bits per heavy atom. The highest BCUT2D eigenvalue weighted by Gasteiger charge is 2.43. The van der Waals surface area contributed by atoms with Crippen molar-refractivity contribution in [2.45, 2.75) is 33.1 Å². The highest BCUT2D eigenvalue weighted by molar-refractivity contribution is 7.11. The Bertz CT molecular complexity index is 893. The SMILES string of the molecule is Cc1ccc(N2C(=O)C(c3cccs3)=C(N3CCCCC3)C2=O)c(C)c1. The Hall–Kier alpha value is -2.40. The molecule has 2 amide bonds. The first-order valence-electron chi connectivity index (χ1n) is 9.07. The molecule has 2 aliphatic rings. The topological polar surface area (TPSA) is 40.6 Å². The summed E-state index contributed by atoms with van der Waals surface area (Å²) in [6.45, 7) is 5.64. The molecule has 3 heterocycles. The minimum atomic E-state index is -0.204. The van der Waals surface area contributed by atoms with Crippen LogP contribution in [0.5, 0.6) is 0 Å². The summed E-state index contributed by atoms with van der Waals surface area (Å²) in [5.41, 5.74) is 3.89. The normalized spacial score (nSPS) is 18.2. The fourth-order valence-electron chi connectivity index (χ4n) is 3.85. The fraction of sp³-hybridized carbons (Fsp3) is 0.333. The maximum absolute atomic E-state index is 13.4. The molecule has 0 N–H and O–H groups in total. The van der Waals surface area contributed by atoms with Gasteiger partial charge in [-0.3, -0.25) is 9.59 Å². The van der Waals surface area contributed by atoms with E-state index in [1.165, 1.54) is 22.7 Å². The molecule has 134 valence electrons. The third-order valence-corrected chi connectivity index (χ3v) is 5.98. The van der Waals surface area contributed by atoms with Crippen molar-refractivity contribution >= 4 is 34.4 Å². The number of aryl methyl sites for hydroxylation is 2. The molecule has 0 unspecified atom stereocenters. The van der Waals surface area contributed by atoms with Gasteiger partial charge in [0.1, 0.15) is 5.70 Å². The zero-order valence-electron chi connectivity index (χ0n) is 15.1. The molecule has 2 aliphatic heterocycles. The van der Waals surface area contributed by atoms with Crippen LogP contribution in [-0.4, -0.2) is 29.8 Å². The van der Waals surface area contributed by atoms with Crippen molar-refractivity contribution in [2.75, 3.05) is 18.0 Å². The molecular formula is C21H22N2O2S. The number of benzene rings is 1. The van der Waals surface area contributed by atoms with E-state index in [9.17, 15) is 9.59 Å². The van der Waals surface area contributed by atoms with Crippen LogP contribution in [0.4, 0.5) is 5.69 Å². The third-order valence-electron chi connectivity index (χ3n) is 5.09. The van der Waals surface area contributed by atoms with Crippen LogP contribution in [0.3, 0.4) is 0 Å². The largest absolute Gasteiger partial charge is 0.366 e. The van der Waals surface area contributed by atoms with E-state index in [1.54, 1.807) is 0 Å². The van der Waals surface area contributed by atoms with Gasteiger partial charge in [-0.1, -0.05) is 23.8 Å². The van der Waals surface area contributed by atoms with Gasteiger partial charge in [-0.2, -0.15) is 0 Å². The first-order chi connectivity index (χ1) is 12.6. The molecule has 4 rings (SSSR count). The van der Waals surface area contributed by atoms with Crippen LogP contribution in [0.15, 0.2) is 41.4 Å². The number of hydrogen-bond donors (Lipinski definition) is 0. The highest BCUT2D eigenvalue weighted by atomic mass is 32.1. The van der Waals surface area contributed by atoms with Crippen LogP contribution in [-0.2, 0) is 9.59 Å². The zero-order valence-corrected chi connectivity index (χ0v) is 15.9. The van der Waals surface area contributed by atoms with Crippen LogP contribution in [0.25, 0.3) is 5.57 Å². The van der Waals surface area contributed by atoms with Crippen molar-refractivity contribution in [2.24, 2.45) is 0 Å². The molecule has 5 heteroatoms. The standard InChI is InChI=1S/C21H22N2O2S/c1-14-8-9-16(15(2)13-14)23-20(24)18(17-7-6-12-26-17)19(21(23)25)22-10-4-3-5-11-22/h6-9,12-13H,3-5,10-11H2,1-2H3. The highest BCUT2D eigenvalue weighted by Crippen LogP contribution is 2.38. The van der Waals surface area contributed by atoms with Gasteiger partial charge >= 0.3 is 0 Å². The van der Waals surface area contributed by atoms with Gasteiger partial charge in [-0.15, -0.1) is 11.3 Å². The summed E-state index contributed by atoms with van der Waals surface area (Å²) in [6.07, 6.45) is 3.31. The Labute approximate surface area is 157 Å². The van der Waals surface area contributed by atoms with E-state index in [2.05, 4.69) is 4.90 Å². The van der Waals surface area contributed by atoms with Gasteiger partial charge in [-0.25, -0.2) is 4.90 Å². The lowest BCUT2D eigenvalue weighted by Crippen LogP contribution is -2.37. The van der Waals surface area contributed by atoms with E-state index < -0.39 is 0 Å². The second-order valence-electron chi connectivity index (χ2n) is 6.98. The quantitative estimate of drug-likeness (QED) is 0.767. The number of thiophene rings is 1. The number of carbonyl (C=O) groups is 2. The predicted octanol–water partition coefficient (Wildman–Crippen LogP) is 4.14. The number of piperidine rings is 1. The lowest BCUT2D eigenvalue weighted by atomic mass is 10.1. The minimum absolute atomic E-state index is 0.188. The molecule has 1 saturated heterocycles. The molecule has 2 aromatic rings. The fourth-order valence-corrected chi connectivity index (χ4v) is 4.61. The summed E-state index contributed by atoms with van der Waals surface area (Å²) in [5.74, 6) is -0.391. The monoisotopic (exact) mass is 366 g/mol. The lowest BCUT2D eigenvalue weighted by Gasteiger charge is -2.29. The van der Waals surface area contributed by atoms with Gasteiger partial charge in [0.2, 0.25) is 0 Å². The predicted molar refractivity (Wildman–Crippen MR) is 105 cm³/mol. The Morgan fingerprint density at radius 2 is 1.73 bits per heavy atom. The molecule has 1 aromatic heterocycles. The van der Waals surface area contributed by atoms with Gasteiger partial charge in [0.15, 0.2) is 0 Å². The first-order valence-corrected chi connectivity index (χ1v) is 9.95. The molecule has 4 nitrogen and oxygen atoms in total. The van der Waals surface area contributed by atoms with E-state index in [0.29, 0.717) is 17.0 Å². The van der Waals surface area contributed by atoms with Crippen molar-refractivity contribution in [3.63, 3.8) is 0 Å². The summed E-state index contributed by atoms with van der Waals surface area (Å²) >= 11 is 1.51. The molecule has 0 spiro atoms. The number of nitrogens with zero attached hydrogens (tertiary/aromatic N) is 2. The molecule has 0 aliphatic carbocycles. The van der Waals surface area contributed by atoms with E-state index in [-0.39, 0.29) is 11.8 Å². The maximum Gasteiger partial charge on any atom is 0.282 e. The van der Waals surface area contributed by atoms with E-state index in [0.717, 1.165) is 41.9 Å². The van der Waals surface area contributed by atoms with Gasteiger partial charge in [0, 0.05) is 18.0 Å². The minimum Gasteiger partial charge on any atom is -0.366 e. The van der Waals surface area contributed by atoms with Crippen LogP contribution < -0.4 is 4.90 Å². The lowest BCUT2D eigenvalue weighted by molar-refractivity contribution is -0.120. The van der Waals surface area contributed by atoms with Crippen LogP contribution in [0, 0.1) is 13.8 Å². The average Bonchev–Trinajstić information content (AvgIpc) is 3.23. The first kappa shape index (κ1) is 17.0. The van der Waals surface area contributed by atoms with Crippen molar-refractivity contribution < 1.29 is 9.59 Å². The Morgan fingerprint density at radius 3 is 2.38 bits per heavy atom. The molecule has 26 heavy (non-hydrogen) atoms. The number of amides is 2. The second kappa shape index (κ2) is 6.72. The number of hydrogen-bond acceptors (Lipinski definition) is 4. The summed E-state index contributed by atoms with van der Waals surface area (Å²) in [7, 11) is 0. The van der Waals surface area contributed by atoms with Gasteiger partial charge in [0.05, 0.1) is 11.3 Å². The second-order valence-corrected chi connectivity index (χ2v) is 7.93. The van der Waals surface area contributed by atoms with E-state index in [4.69, 9.17) is 0 Å². The number of anilines is 1. The molecule has 1 aromatic carbocycles. The Balaban J connectivity index is 1.82.